The highest BCUT2D eigenvalue weighted by atomic mass is 16.5. The number of aromatic amines is 1. The molecule has 1 aromatic carbocycles. The summed E-state index contributed by atoms with van der Waals surface area (Å²) in [4.78, 5) is 40.8. The van der Waals surface area contributed by atoms with Gasteiger partial charge in [-0.3, -0.25) is 19.1 Å². The van der Waals surface area contributed by atoms with E-state index >= 15 is 0 Å². The molecular weight excluding hydrogens is 322 g/mol. The lowest BCUT2D eigenvalue weighted by molar-refractivity contribution is -0.136. The third-order valence-corrected chi connectivity index (χ3v) is 4.49. The quantitative estimate of drug-likeness (QED) is 0.880. The molecule has 1 aliphatic heterocycles. The van der Waals surface area contributed by atoms with Gasteiger partial charge in [-0.2, -0.15) is 0 Å². The second-order valence-corrected chi connectivity index (χ2v) is 6.34. The molecule has 7 heteroatoms. The van der Waals surface area contributed by atoms with E-state index in [-0.39, 0.29) is 18.6 Å². The number of hydrogen-bond donors (Lipinski definition) is 1. The van der Waals surface area contributed by atoms with Crippen LogP contribution in [0.15, 0.2) is 33.9 Å². The fourth-order valence-electron chi connectivity index (χ4n) is 3.22. The molecule has 1 fully saturated rings. The fraction of sp³-hybridized carbons (Fsp3) is 0.500. The number of likely N-dealkylation sites (tertiary alicyclic amines) is 1. The molecule has 0 saturated carbocycles. The molecule has 1 unspecified atom stereocenters. The molecule has 1 aliphatic rings. The molecular formula is C18H23N3O4. The summed E-state index contributed by atoms with van der Waals surface area (Å²) in [6, 6.07) is 6.80. The van der Waals surface area contributed by atoms with Gasteiger partial charge in [-0.1, -0.05) is 19.1 Å². The van der Waals surface area contributed by atoms with E-state index < -0.39 is 11.2 Å². The Bertz CT molecular complexity index is 870. The number of ether oxygens (including phenoxy) is 1. The maximum Gasteiger partial charge on any atom is 0.329 e. The minimum atomic E-state index is -0.562. The van der Waals surface area contributed by atoms with Gasteiger partial charge < -0.3 is 9.64 Å². The molecule has 1 amide bonds. The van der Waals surface area contributed by atoms with Crippen LogP contribution in [0, 0.1) is 0 Å². The summed E-state index contributed by atoms with van der Waals surface area (Å²) in [5.74, 6) is -0.135. The number of fused-ring (bicyclic) bond motifs is 1. The smallest absolute Gasteiger partial charge is 0.329 e. The predicted octanol–water partition coefficient (Wildman–Crippen LogP) is 1.11. The second kappa shape index (κ2) is 7.65. The van der Waals surface area contributed by atoms with E-state index in [4.69, 9.17) is 4.74 Å². The lowest BCUT2D eigenvalue weighted by Crippen LogP contribution is -2.46. The summed E-state index contributed by atoms with van der Waals surface area (Å²) in [7, 11) is 0. The summed E-state index contributed by atoms with van der Waals surface area (Å²) in [6.45, 7) is 3.88. The SMILES string of the molecule is CCCOC1CCCN(C(=O)Cn2c(=O)[nH]c(=O)c3ccccc32)C1. The standard InChI is InChI=1S/C18H23N3O4/c1-2-10-25-13-6-5-9-20(11-13)16(22)12-21-15-8-4-3-7-14(15)17(23)19-18(21)24/h3-4,7-8,13H,2,5-6,9-12H2,1H3,(H,19,23,24). The van der Waals surface area contributed by atoms with E-state index in [1.165, 1.54) is 4.57 Å². The molecule has 1 saturated heterocycles. The van der Waals surface area contributed by atoms with Crippen LogP contribution in [-0.4, -0.2) is 46.2 Å². The minimum Gasteiger partial charge on any atom is -0.376 e. The topological polar surface area (TPSA) is 84.4 Å². The van der Waals surface area contributed by atoms with Gasteiger partial charge in [0.25, 0.3) is 5.56 Å². The monoisotopic (exact) mass is 345 g/mol. The number of aromatic nitrogens is 2. The lowest BCUT2D eigenvalue weighted by Gasteiger charge is -2.32. The Hall–Kier alpha value is -2.41. The lowest BCUT2D eigenvalue weighted by atomic mass is 10.1. The van der Waals surface area contributed by atoms with Crippen molar-refractivity contribution in [2.45, 2.75) is 38.8 Å². The highest BCUT2D eigenvalue weighted by Gasteiger charge is 2.24. The second-order valence-electron chi connectivity index (χ2n) is 6.34. The summed E-state index contributed by atoms with van der Waals surface area (Å²) in [5, 5.41) is 0.401. The van der Waals surface area contributed by atoms with Crippen LogP contribution in [0.25, 0.3) is 10.9 Å². The van der Waals surface area contributed by atoms with Gasteiger partial charge in [0, 0.05) is 19.7 Å². The number of carbonyl (C=O) groups excluding carboxylic acids is 1. The molecule has 0 aliphatic carbocycles. The van der Waals surface area contributed by atoms with E-state index in [1.807, 2.05) is 0 Å². The van der Waals surface area contributed by atoms with Crippen LogP contribution in [0.5, 0.6) is 0 Å². The van der Waals surface area contributed by atoms with Gasteiger partial charge in [-0.15, -0.1) is 0 Å². The van der Waals surface area contributed by atoms with Gasteiger partial charge in [0.05, 0.1) is 17.0 Å². The molecule has 3 rings (SSSR count). The molecule has 0 spiro atoms. The molecule has 7 nitrogen and oxygen atoms in total. The zero-order chi connectivity index (χ0) is 17.8. The first-order valence-electron chi connectivity index (χ1n) is 8.71. The van der Waals surface area contributed by atoms with E-state index in [1.54, 1.807) is 29.2 Å². The van der Waals surface area contributed by atoms with Crippen molar-refractivity contribution in [2.75, 3.05) is 19.7 Å². The van der Waals surface area contributed by atoms with Crippen LogP contribution in [0.2, 0.25) is 0 Å². The number of amides is 1. The van der Waals surface area contributed by atoms with Gasteiger partial charge in [0.2, 0.25) is 5.91 Å². The maximum atomic E-state index is 12.7. The molecule has 1 N–H and O–H groups in total. The van der Waals surface area contributed by atoms with E-state index in [9.17, 15) is 14.4 Å². The number of H-pyrrole nitrogens is 1. The van der Waals surface area contributed by atoms with Crippen LogP contribution in [0.3, 0.4) is 0 Å². The van der Waals surface area contributed by atoms with Gasteiger partial charge in [0.15, 0.2) is 0 Å². The molecule has 1 atom stereocenters. The van der Waals surface area contributed by atoms with Gasteiger partial charge >= 0.3 is 5.69 Å². The molecule has 0 radical (unpaired) electrons. The van der Waals surface area contributed by atoms with Gasteiger partial charge in [-0.25, -0.2) is 4.79 Å². The number of rotatable bonds is 5. The van der Waals surface area contributed by atoms with E-state index in [0.29, 0.717) is 30.6 Å². The van der Waals surface area contributed by atoms with Crippen molar-refractivity contribution in [1.82, 2.24) is 14.5 Å². The van der Waals surface area contributed by atoms with Crippen LogP contribution in [0.1, 0.15) is 26.2 Å². The van der Waals surface area contributed by atoms with Gasteiger partial charge in [0.1, 0.15) is 6.54 Å². The number of benzene rings is 1. The molecule has 2 heterocycles. The summed E-state index contributed by atoms with van der Waals surface area (Å²) in [5.41, 5.74) is -0.525. The zero-order valence-electron chi connectivity index (χ0n) is 14.4. The number of nitrogens with one attached hydrogen (secondary N) is 1. The first kappa shape index (κ1) is 17.4. The number of nitrogens with zero attached hydrogens (tertiary/aromatic N) is 2. The summed E-state index contributed by atoms with van der Waals surface area (Å²) < 4.78 is 7.09. The predicted molar refractivity (Wildman–Crippen MR) is 94.7 cm³/mol. The Balaban J connectivity index is 1.80. The van der Waals surface area contributed by atoms with Crippen molar-refractivity contribution in [3.8, 4) is 0 Å². The minimum absolute atomic E-state index is 0.0571. The fourth-order valence-corrected chi connectivity index (χ4v) is 3.22. The average molecular weight is 345 g/mol. The molecule has 1 aromatic heterocycles. The number of piperidine rings is 1. The van der Waals surface area contributed by atoms with Crippen molar-refractivity contribution >= 4 is 16.8 Å². The van der Waals surface area contributed by atoms with Crippen molar-refractivity contribution in [1.29, 1.82) is 0 Å². The molecule has 2 aromatic rings. The zero-order valence-corrected chi connectivity index (χ0v) is 14.4. The van der Waals surface area contributed by atoms with Crippen molar-refractivity contribution in [3.05, 3.63) is 45.1 Å². The highest BCUT2D eigenvalue weighted by Crippen LogP contribution is 2.15. The Kier molecular flexibility index (Phi) is 5.33. The highest BCUT2D eigenvalue weighted by molar-refractivity contribution is 5.81. The Morgan fingerprint density at radius 3 is 2.92 bits per heavy atom. The Morgan fingerprint density at radius 1 is 1.32 bits per heavy atom. The number of carbonyl (C=O) groups is 1. The van der Waals surface area contributed by atoms with Crippen LogP contribution in [-0.2, 0) is 16.1 Å². The number of para-hydroxylation sites is 1. The third kappa shape index (κ3) is 3.82. The molecule has 25 heavy (non-hydrogen) atoms. The van der Waals surface area contributed by atoms with Gasteiger partial charge in [-0.05, 0) is 31.4 Å². The first-order chi connectivity index (χ1) is 12.1. The van der Waals surface area contributed by atoms with E-state index in [0.717, 1.165) is 19.3 Å². The first-order valence-corrected chi connectivity index (χ1v) is 8.71. The Labute approximate surface area is 145 Å². The summed E-state index contributed by atoms with van der Waals surface area (Å²) in [6.07, 6.45) is 2.84. The molecule has 0 bridgehead atoms. The maximum absolute atomic E-state index is 12.7. The largest absolute Gasteiger partial charge is 0.376 e. The van der Waals surface area contributed by atoms with Crippen LogP contribution < -0.4 is 11.2 Å². The van der Waals surface area contributed by atoms with Crippen LogP contribution >= 0.6 is 0 Å². The number of hydrogen-bond acceptors (Lipinski definition) is 4. The van der Waals surface area contributed by atoms with Crippen molar-refractivity contribution in [2.24, 2.45) is 0 Å². The third-order valence-electron chi connectivity index (χ3n) is 4.49. The normalized spacial score (nSPS) is 17.8. The van der Waals surface area contributed by atoms with E-state index in [2.05, 4.69) is 11.9 Å². The average Bonchev–Trinajstić information content (AvgIpc) is 2.63. The van der Waals surface area contributed by atoms with Crippen molar-refractivity contribution in [3.63, 3.8) is 0 Å². The van der Waals surface area contributed by atoms with Crippen molar-refractivity contribution < 1.29 is 9.53 Å². The molecule has 134 valence electrons. The summed E-state index contributed by atoms with van der Waals surface area (Å²) >= 11 is 0. The Morgan fingerprint density at radius 2 is 2.12 bits per heavy atom. The van der Waals surface area contributed by atoms with Crippen LogP contribution in [0.4, 0.5) is 0 Å².